The predicted octanol–water partition coefficient (Wildman–Crippen LogP) is 1.40. The maximum absolute atomic E-state index is 11.3. The van der Waals surface area contributed by atoms with Crippen LogP contribution in [0.15, 0.2) is 17.1 Å². The van der Waals surface area contributed by atoms with Crippen molar-refractivity contribution in [1.82, 2.24) is 4.90 Å². The van der Waals surface area contributed by atoms with Crippen LogP contribution < -0.4 is 9.47 Å². The minimum absolute atomic E-state index is 0.00898. The molecule has 2 rings (SSSR count). The standard InChI is InChI=1S/C15H18N2O4/c1-10(18)16-8-13-7-15-14(20-9-21-15)6-12(13)4-5-17(3)11(2)19/h6-8H,4-5,9H2,1-3H3. The highest BCUT2D eigenvalue weighted by Gasteiger charge is 2.17. The van der Waals surface area contributed by atoms with Crippen molar-refractivity contribution in [3.05, 3.63) is 23.3 Å². The molecule has 1 aliphatic rings. The van der Waals surface area contributed by atoms with E-state index in [1.165, 1.54) is 20.1 Å². The van der Waals surface area contributed by atoms with Crippen molar-refractivity contribution in [2.75, 3.05) is 20.4 Å². The van der Waals surface area contributed by atoms with Gasteiger partial charge in [0, 0.05) is 39.2 Å². The zero-order valence-electron chi connectivity index (χ0n) is 12.4. The molecule has 0 N–H and O–H groups in total. The van der Waals surface area contributed by atoms with E-state index < -0.39 is 0 Å². The number of carbonyl (C=O) groups is 2. The smallest absolute Gasteiger partial charge is 0.242 e. The second-order valence-electron chi connectivity index (χ2n) is 4.87. The molecule has 1 aliphatic heterocycles. The van der Waals surface area contributed by atoms with E-state index in [2.05, 4.69) is 4.99 Å². The van der Waals surface area contributed by atoms with Gasteiger partial charge in [0.15, 0.2) is 11.5 Å². The minimum Gasteiger partial charge on any atom is -0.454 e. The summed E-state index contributed by atoms with van der Waals surface area (Å²) in [7, 11) is 1.75. The maximum Gasteiger partial charge on any atom is 0.242 e. The third-order valence-corrected chi connectivity index (χ3v) is 3.27. The molecule has 0 unspecified atom stereocenters. The summed E-state index contributed by atoms with van der Waals surface area (Å²) >= 11 is 0. The van der Waals surface area contributed by atoms with Crippen LogP contribution in [0.1, 0.15) is 25.0 Å². The number of carbonyl (C=O) groups excluding carboxylic acids is 2. The fraction of sp³-hybridized carbons (Fsp3) is 0.400. The summed E-state index contributed by atoms with van der Waals surface area (Å²) in [6.45, 7) is 3.69. The molecular formula is C15H18N2O4. The van der Waals surface area contributed by atoms with Gasteiger partial charge in [0.05, 0.1) is 0 Å². The van der Waals surface area contributed by atoms with E-state index in [0.29, 0.717) is 24.5 Å². The van der Waals surface area contributed by atoms with E-state index in [9.17, 15) is 9.59 Å². The largest absolute Gasteiger partial charge is 0.454 e. The molecule has 1 aromatic rings. The van der Waals surface area contributed by atoms with Gasteiger partial charge in [0.2, 0.25) is 18.6 Å². The van der Waals surface area contributed by atoms with Crippen LogP contribution in [-0.2, 0) is 16.0 Å². The second-order valence-corrected chi connectivity index (χ2v) is 4.87. The van der Waals surface area contributed by atoms with Gasteiger partial charge in [-0.15, -0.1) is 0 Å². The van der Waals surface area contributed by atoms with E-state index in [0.717, 1.165) is 11.1 Å². The van der Waals surface area contributed by atoms with Gasteiger partial charge >= 0.3 is 0 Å². The lowest BCUT2D eigenvalue weighted by atomic mass is 10.0. The molecular weight excluding hydrogens is 272 g/mol. The van der Waals surface area contributed by atoms with Crippen LogP contribution in [-0.4, -0.2) is 43.3 Å². The fourth-order valence-electron chi connectivity index (χ4n) is 1.94. The Labute approximate surface area is 123 Å². The van der Waals surface area contributed by atoms with Crippen molar-refractivity contribution in [1.29, 1.82) is 0 Å². The maximum atomic E-state index is 11.3. The van der Waals surface area contributed by atoms with E-state index >= 15 is 0 Å². The molecule has 0 aromatic heterocycles. The van der Waals surface area contributed by atoms with Crippen molar-refractivity contribution in [2.45, 2.75) is 20.3 Å². The molecule has 0 atom stereocenters. The first-order valence-electron chi connectivity index (χ1n) is 6.66. The molecule has 0 bridgehead atoms. The number of ether oxygens (including phenoxy) is 2. The summed E-state index contributed by atoms with van der Waals surface area (Å²) in [6, 6.07) is 3.68. The molecule has 1 aromatic carbocycles. The topological polar surface area (TPSA) is 68.2 Å². The van der Waals surface area contributed by atoms with Crippen molar-refractivity contribution >= 4 is 18.0 Å². The highest BCUT2D eigenvalue weighted by Crippen LogP contribution is 2.34. The summed E-state index contributed by atoms with van der Waals surface area (Å²) in [4.78, 5) is 27.7. The number of amides is 2. The molecule has 0 radical (unpaired) electrons. The fourth-order valence-corrected chi connectivity index (χ4v) is 1.94. The van der Waals surface area contributed by atoms with Gasteiger partial charge in [0.25, 0.3) is 0 Å². The first-order chi connectivity index (χ1) is 9.97. The number of rotatable bonds is 4. The Balaban J connectivity index is 2.24. The highest BCUT2D eigenvalue weighted by molar-refractivity contribution is 5.92. The third kappa shape index (κ3) is 3.81. The predicted molar refractivity (Wildman–Crippen MR) is 77.9 cm³/mol. The molecule has 6 heteroatoms. The SMILES string of the molecule is CC(=O)N=Cc1cc2c(cc1CCN(C)C(C)=O)OCO2. The summed E-state index contributed by atoms with van der Waals surface area (Å²) in [5.41, 5.74) is 1.75. The number of benzene rings is 1. The van der Waals surface area contributed by atoms with Crippen molar-refractivity contribution < 1.29 is 19.1 Å². The van der Waals surface area contributed by atoms with Gasteiger partial charge in [0.1, 0.15) is 0 Å². The molecule has 0 spiro atoms. The molecule has 21 heavy (non-hydrogen) atoms. The van der Waals surface area contributed by atoms with Gasteiger partial charge in [-0.3, -0.25) is 9.59 Å². The normalized spacial score (nSPS) is 12.7. The first-order valence-corrected chi connectivity index (χ1v) is 6.66. The molecule has 6 nitrogen and oxygen atoms in total. The lowest BCUT2D eigenvalue weighted by Gasteiger charge is -2.15. The van der Waals surface area contributed by atoms with E-state index in [1.54, 1.807) is 18.0 Å². The molecule has 0 saturated carbocycles. The zero-order chi connectivity index (χ0) is 15.4. The average molecular weight is 290 g/mol. The average Bonchev–Trinajstić information content (AvgIpc) is 2.88. The number of likely N-dealkylation sites (N-methyl/N-ethyl adjacent to an activating group) is 1. The van der Waals surface area contributed by atoms with E-state index in [4.69, 9.17) is 9.47 Å². The van der Waals surface area contributed by atoms with Gasteiger partial charge in [-0.05, 0) is 24.1 Å². The third-order valence-electron chi connectivity index (χ3n) is 3.27. The van der Waals surface area contributed by atoms with Gasteiger partial charge in [-0.25, -0.2) is 4.99 Å². The lowest BCUT2D eigenvalue weighted by molar-refractivity contribution is -0.127. The Morgan fingerprint density at radius 2 is 1.95 bits per heavy atom. The van der Waals surface area contributed by atoms with Crippen LogP contribution >= 0.6 is 0 Å². The Morgan fingerprint density at radius 3 is 2.57 bits per heavy atom. The number of hydrogen-bond acceptors (Lipinski definition) is 4. The van der Waals surface area contributed by atoms with Crippen LogP contribution in [0.2, 0.25) is 0 Å². The molecule has 2 amide bonds. The van der Waals surface area contributed by atoms with Crippen molar-refractivity contribution in [2.24, 2.45) is 4.99 Å². The van der Waals surface area contributed by atoms with Gasteiger partial charge in [-0.1, -0.05) is 0 Å². The van der Waals surface area contributed by atoms with Crippen LogP contribution in [0, 0.1) is 0 Å². The summed E-state index contributed by atoms with van der Waals surface area (Å²) in [5.74, 6) is 1.06. The van der Waals surface area contributed by atoms with Crippen LogP contribution in [0.3, 0.4) is 0 Å². The number of hydrogen-bond donors (Lipinski definition) is 0. The molecule has 112 valence electrons. The molecule has 0 fully saturated rings. The molecule has 1 heterocycles. The van der Waals surface area contributed by atoms with E-state index in [1.807, 2.05) is 6.07 Å². The van der Waals surface area contributed by atoms with Crippen LogP contribution in [0.5, 0.6) is 11.5 Å². The summed E-state index contributed by atoms with van der Waals surface area (Å²) in [6.07, 6.45) is 2.17. The van der Waals surface area contributed by atoms with Crippen molar-refractivity contribution in [3.8, 4) is 11.5 Å². The summed E-state index contributed by atoms with van der Waals surface area (Å²) < 4.78 is 10.7. The molecule has 0 saturated heterocycles. The Kier molecular flexibility index (Phi) is 4.57. The van der Waals surface area contributed by atoms with Crippen LogP contribution in [0.4, 0.5) is 0 Å². The van der Waals surface area contributed by atoms with Crippen LogP contribution in [0.25, 0.3) is 0 Å². The zero-order valence-corrected chi connectivity index (χ0v) is 12.4. The Hall–Kier alpha value is -2.37. The second kappa shape index (κ2) is 6.39. The van der Waals surface area contributed by atoms with Gasteiger partial charge in [-0.2, -0.15) is 0 Å². The number of fused-ring (bicyclic) bond motifs is 1. The number of aliphatic imine (C=N–C) groups is 1. The Morgan fingerprint density at radius 1 is 1.29 bits per heavy atom. The highest BCUT2D eigenvalue weighted by atomic mass is 16.7. The van der Waals surface area contributed by atoms with Gasteiger partial charge < -0.3 is 14.4 Å². The summed E-state index contributed by atoms with van der Waals surface area (Å²) in [5, 5.41) is 0. The minimum atomic E-state index is -0.264. The lowest BCUT2D eigenvalue weighted by Crippen LogP contribution is -2.26. The Bertz CT molecular complexity index is 596. The molecule has 0 aliphatic carbocycles. The van der Waals surface area contributed by atoms with Crippen molar-refractivity contribution in [3.63, 3.8) is 0 Å². The number of nitrogens with zero attached hydrogens (tertiary/aromatic N) is 2. The quantitative estimate of drug-likeness (QED) is 0.786. The first kappa shape index (κ1) is 15.0. The monoisotopic (exact) mass is 290 g/mol. The van der Waals surface area contributed by atoms with E-state index in [-0.39, 0.29) is 18.6 Å².